The molecule has 7 heteroatoms. The summed E-state index contributed by atoms with van der Waals surface area (Å²) >= 11 is 2.78. The molecular weight excluding hydrogens is 464 g/mol. The number of aromatic nitrogens is 2. The number of nitrogens with zero attached hydrogens (tertiary/aromatic N) is 2. The number of benzene rings is 2. The van der Waals surface area contributed by atoms with Gasteiger partial charge in [-0.15, -0.1) is 11.3 Å². The summed E-state index contributed by atoms with van der Waals surface area (Å²) in [6, 6.07) is 19.4. The van der Waals surface area contributed by atoms with Crippen LogP contribution in [0.1, 0.15) is 37.0 Å². The molecule has 5 nitrogen and oxygen atoms in total. The van der Waals surface area contributed by atoms with Crippen LogP contribution in [-0.4, -0.2) is 27.4 Å². The van der Waals surface area contributed by atoms with Crippen molar-refractivity contribution in [2.24, 2.45) is 0 Å². The zero-order valence-corrected chi connectivity index (χ0v) is 20.7. The number of ether oxygens (including phenoxy) is 1. The lowest BCUT2D eigenvalue weighted by Crippen LogP contribution is -2.24. The van der Waals surface area contributed by atoms with E-state index in [2.05, 4.69) is 0 Å². The minimum atomic E-state index is -0.252. The standard InChI is InChI=1S/C27H26N2O3S2/c1-18-23(19-11-5-2-6-12-19)24-25(34-18)28-27(29(26(24)31)20-13-7-3-8-14-20)33-17-22(30)32-21-15-9-4-10-16-21/h2-3,5-8,11-14,21H,4,9-10,15-17H2,1H3. The maximum absolute atomic E-state index is 13.9. The molecule has 5 rings (SSSR count). The number of hydrogen-bond donors (Lipinski definition) is 0. The number of thiophene rings is 1. The highest BCUT2D eigenvalue weighted by atomic mass is 32.2. The van der Waals surface area contributed by atoms with Crippen molar-refractivity contribution in [1.82, 2.24) is 9.55 Å². The monoisotopic (exact) mass is 490 g/mol. The first-order chi connectivity index (χ1) is 16.6. The van der Waals surface area contributed by atoms with Crippen LogP contribution in [0.5, 0.6) is 0 Å². The highest BCUT2D eigenvalue weighted by molar-refractivity contribution is 7.99. The SMILES string of the molecule is Cc1sc2nc(SCC(=O)OC3CCCCC3)n(-c3ccccc3)c(=O)c2c1-c1ccccc1. The number of para-hydroxylation sites is 1. The van der Waals surface area contributed by atoms with E-state index in [1.54, 1.807) is 4.57 Å². The van der Waals surface area contributed by atoms with Gasteiger partial charge in [-0.1, -0.05) is 66.7 Å². The number of thioether (sulfide) groups is 1. The van der Waals surface area contributed by atoms with Crippen LogP contribution in [0.2, 0.25) is 0 Å². The Morgan fingerprint density at radius 1 is 1.06 bits per heavy atom. The predicted octanol–water partition coefficient (Wildman–Crippen LogP) is 6.39. The molecule has 2 heterocycles. The molecule has 174 valence electrons. The van der Waals surface area contributed by atoms with Gasteiger partial charge in [0, 0.05) is 10.4 Å². The molecule has 1 saturated carbocycles. The summed E-state index contributed by atoms with van der Waals surface area (Å²) in [5.41, 5.74) is 2.53. The Labute approximate surface area is 206 Å². The van der Waals surface area contributed by atoms with Crippen molar-refractivity contribution in [1.29, 1.82) is 0 Å². The maximum Gasteiger partial charge on any atom is 0.316 e. The lowest BCUT2D eigenvalue weighted by Gasteiger charge is -2.21. The minimum Gasteiger partial charge on any atom is -0.462 e. The van der Waals surface area contributed by atoms with Crippen LogP contribution in [0.4, 0.5) is 0 Å². The van der Waals surface area contributed by atoms with E-state index in [1.807, 2.05) is 67.6 Å². The van der Waals surface area contributed by atoms with Gasteiger partial charge >= 0.3 is 5.97 Å². The van der Waals surface area contributed by atoms with E-state index in [4.69, 9.17) is 9.72 Å². The summed E-state index contributed by atoms with van der Waals surface area (Å²) in [6.07, 6.45) is 5.32. The van der Waals surface area contributed by atoms with Crippen LogP contribution in [0.25, 0.3) is 27.0 Å². The molecule has 0 bridgehead atoms. The zero-order chi connectivity index (χ0) is 23.5. The normalized spacial score (nSPS) is 14.4. The largest absolute Gasteiger partial charge is 0.462 e. The number of carbonyl (C=O) groups is 1. The summed E-state index contributed by atoms with van der Waals surface area (Å²) in [6.45, 7) is 2.02. The number of fused-ring (bicyclic) bond motifs is 1. The van der Waals surface area contributed by atoms with Crippen molar-refractivity contribution in [3.8, 4) is 16.8 Å². The molecule has 2 aromatic carbocycles. The van der Waals surface area contributed by atoms with Gasteiger partial charge in [0.2, 0.25) is 0 Å². The van der Waals surface area contributed by atoms with Crippen molar-refractivity contribution in [2.45, 2.75) is 50.3 Å². The Kier molecular flexibility index (Phi) is 6.83. The summed E-state index contributed by atoms with van der Waals surface area (Å²) < 4.78 is 7.31. The second-order valence-corrected chi connectivity index (χ2v) is 10.6. The van der Waals surface area contributed by atoms with Gasteiger partial charge in [-0.25, -0.2) is 4.98 Å². The summed E-state index contributed by atoms with van der Waals surface area (Å²) in [4.78, 5) is 33.1. The molecule has 1 aliphatic rings. The molecule has 0 N–H and O–H groups in total. The third-order valence-corrected chi connectivity index (χ3v) is 8.03. The van der Waals surface area contributed by atoms with Gasteiger partial charge in [0.1, 0.15) is 10.9 Å². The second-order valence-electron chi connectivity index (χ2n) is 8.49. The molecule has 0 radical (unpaired) electrons. The molecular formula is C27H26N2O3S2. The second kappa shape index (κ2) is 10.2. The van der Waals surface area contributed by atoms with Gasteiger partial charge in [-0.05, 0) is 50.3 Å². The first kappa shape index (κ1) is 22.9. The third-order valence-electron chi connectivity index (χ3n) is 6.12. The lowest BCUT2D eigenvalue weighted by atomic mass is 9.98. The van der Waals surface area contributed by atoms with Crippen LogP contribution in [-0.2, 0) is 9.53 Å². The average molecular weight is 491 g/mol. The van der Waals surface area contributed by atoms with Crippen molar-refractivity contribution in [2.75, 3.05) is 5.75 Å². The van der Waals surface area contributed by atoms with E-state index < -0.39 is 0 Å². The van der Waals surface area contributed by atoms with E-state index in [0.29, 0.717) is 15.4 Å². The maximum atomic E-state index is 13.9. The molecule has 0 saturated heterocycles. The molecule has 2 aromatic heterocycles. The highest BCUT2D eigenvalue weighted by Gasteiger charge is 2.22. The topological polar surface area (TPSA) is 61.2 Å². The molecule has 1 fully saturated rings. The average Bonchev–Trinajstić information content (AvgIpc) is 3.20. The number of esters is 1. The van der Waals surface area contributed by atoms with E-state index in [-0.39, 0.29) is 23.4 Å². The van der Waals surface area contributed by atoms with Gasteiger partial charge < -0.3 is 4.74 Å². The molecule has 0 spiro atoms. The Morgan fingerprint density at radius 2 is 1.74 bits per heavy atom. The number of aryl methyl sites for hydroxylation is 1. The Balaban J connectivity index is 1.55. The van der Waals surface area contributed by atoms with Crippen LogP contribution >= 0.6 is 23.1 Å². The molecule has 34 heavy (non-hydrogen) atoms. The molecule has 0 unspecified atom stereocenters. The summed E-state index contributed by atoms with van der Waals surface area (Å²) in [7, 11) is 0. The van der Waals surface area contributed by atoms with Crippen LogP contribution < -0.4 is 5.56 Å². The van der Waals surface area contributed by atoms with Crippen LogP contribution in [0.3, 0.4) is 0 Å². The fraction of sp³-hybridized carbons (Fsp3) is 0.296. The van der Waals surface area contributed by atoms with E-state index in [9.17, 15) is 9.59 Å². The summed E-state index contributed by atoms with van der Waals surface area (Å²) in [5, 5.41) is 1.12. The number of hydrogen-bond acceptors (Lipinski definition) is 6. The van der Waals surface area contributed by atoms with E-state index >= 15 is 0 Å². The Hall–Kier alpha value is -2.90. The fourth-order valence-corrected chi connectivity index (χ4v) is 6.40. The minimum absolute atomic E-state index is 0.0157. The molecule has 4 aromatic rings. The number of rotatable bonds is 6. The van der Waals surface area contributed by atoms with E-state index in [0.717, 1.165) is 47.4 Å². The smallest absolute Gasteiger partial charge is 0.316 e. The third kappa shape index (κ3) is 4.68. The van der Waals surface area contributed by atoms with Crippen LogP contribution in [0.15, 0.2) is 70.6 Å². The Morgan fingerprint density at radius 3 is 2.44 bits per heavy atom. The first-order valence-electron chi connectivity index (χ1n) is 11.6. The van der Waals surface area contributed by atoms with Gasteiger partial charge in [0.25, 0.3) is 5.56 Å². The molecule has 0 atom stereocenters. The molecule has 0 amide bonds. The van der Waals surface area contributed by atoms with Gasteiger partial charge in [-0.2, -0.15) is 0 Å². The van der Waals surface area contributed by atoms with Gasteiger partial charge in [-0.3, -0.25) is 14.2 Å². The zero-order valence-electron chi connectivity index (χ0n) is 19.0. The van der Waals surface area contributed by atoms with Crippen LogP contribution in [0, 0.1) is 6.92 Å². The Bertz CT molecular complexity index is 1360. The first-order valence-corrected chi connectivity index (χ1v) is 13.4. The fourth-order valence-electron chi connectivity index (χ4n) is 4.52. The van der Waals surface area contributed by atoms with E-state index in [1.165, 1.54) is 29.5 Å². The predicted molar refractivity (Wildman–Crippen MR) is 139 cm³/mol. The van der Waals surface area contributed by atoms with Gasteiger partial charge in [0.05, 0.1) is 16.8 Å². The van der Waals surface area contributed by atoms with Crippen molar-refractivity contribution < 1.29 is 9.53 Å². The molecule has 1 aliphatic carbocycles. The lowest BCUT2D eigenvalue weighted by molar-refractivity contribution is -0.147. The number of carbonyl (C=O) groups excluding carboxylic acids is 1. The van der Waals surface area contributed by atoms with Crippen molar-refractivity contribution in [3.05, 3.63) is 75.9 Å². The molecule has 0 aliphatic heterocycles. The van der Waals surface area contributed by atoms with Gasteiger partial charge in [0.15, 0.2) is 5.16 Å². The van der Waals surface area contributed by atoms with Crippen molar-refractivity contribution >= 4 is 39.3 Å². The quantitative estimate of drug-likeness (QED) is 0.178. The summed E-state index contributed by atoms with van der Waals surface area (Å²) in [5.74, 6) is -0.129. The van der Waals surface area contributed by atoms with Crippen molar-refractivity contribution in [3.63, 3.8) is 0 Å². The highest BCUT2D eigenvalue weighted by Crippen LogP contribution is 2.37.